The van der Waals surface area contributed by atoms with Crippen LogP contribution in [-0.2, 0) is 21.8 Å². The Balaban J connectivity index is 2.29. The molecule has 0 N–H and O–H groups in total. The highest BCUT2D eigenvalue weighted by Gasteiger charge is 2.27. The van der Waals surface area contributed by atoms with E-state index in [1.54, 1.807) is 30.4 Å². The molecule has 124 valence electrons. The van der Waals surface area contributed by atoms with Crippen molar-refractivity contribution in [2.75, 3.05) is 39.4 Å². The van der Waals surface area contributed by atoms with Gasteiger partial charge in [-0.2, -0.15) is 4.31 Å². The van der Waals surface area contributed by atoms with Crippen molar-refractivity contribution < 1.29 is 17.9 Å². The number of ether oxygens (including phenoxy) is 1. The van der Waals surface area contributed by atoms with Crippen molar-refractivity contribution in [3.05, 3.63) is 18.0 Å². The maximum Gasteiger partial charge on any atom is 0.270 e. The number of hydrogen-bond donors (Lipinski definition) is 0. The van der Waals surface area contributed by atoms with Crippen LogP contribution >= 0.6 is 0 Å². The van der Waals surface area contributed by atoms with Crippen LogP contribution in [-0.4, -0.2) is 67.5 Å². The number of aromatic nitrogens is 1. The Morgan fingerprint density at radius 1 is 1.27 bits per heavy atom. The minimum atomic E-state index is -3.55. The summed E-state index contributed by atoms with van der Waals surface area (Å²) in [5.74, 6) is -0.160. The fourth-order valence-electron chi connectivity index (χ4n) is 2.53. The zero-order valence-electron chi connectivity index (χ0n) is 13.3. The zero-order valence-corrected chi connectivity index (χ0v) is 14.1. The Hall–Kier alpha value is -1.38. The zero-order chi connectivity index (χ0) is 16.3. The van der Waals surface area contributed by atoms with E-state index < -0.39 is 10.0 Å². The van der Waals surface area contributed by atoms with Gasteiger partial charge in [0.25, 0.3) is 5.91 Å². The molecule has 0 unspecified atom stereocenters. The Morgan fingerprint density at radius 3 is 2.41 bits per heavy atom. The van der Waals surface area contributed by atoms with E-state index in [0.29, 0.717) is 45.1 Å². The van der Waals surface area contributed by atoms with Crippen molar-refractivity contribution in [2.24, 2.45) is 7.05 Å². The third-order valence-electron chi connectivity index (χ3n) is 3.84. The number of rotatable bonds is 5. The van der Waals surface area contributed by atoms with Gasteiger partial charge in [0.05, 0.1) is 13.2 Å². The Morgan fingerprint density at radius 2 is 1.86 bits per heavy atom. The monoisotopic (exact) mass is 329 g/mol. The maximum absolute atomic E-state index is 12.5. The minimum Gasteiger partial charge on any atom is -0.378 e. The number of carbonyl (C=O) groups excluding carboxylic acids is 1. The molecule has 1 saturated heterocycles. The number of morpholine rings is 1. The van der Waals surface area contributed by atoms with E-state index in [1.807, 2.05) is 0 Å². The lowest BCUT2D eigenvalue weighted by Crippen LogP contribution is -2.41. The summed E-state index contributed by atoms with van der Waals surface area (Å²) in [5, 5.41) is 0. The first-order valence-electron chi connectivity index (χ1n) is 7.45. The molecule has 1 aromatic heterocycles. The van der Waals surface area contributed by atoms with Crippen LogP contribution in [0.3, 0.4) is 0 Å². The van der Waals surface area contributed by atoms with Crippen molar-refractivity contribution in [3.8, 4) is 0 Å². The molecule has 0 aromatic carbocycles. The lowest BCUT2D eigenvalue weighted by atomic mass is 10.3. The van der Waals surface area contributed by atoms with E-state index in [1.165, 1.54) is 16.6 Å². The van der Waals surface area contributed by atoms with Gasteiger partial charge in [-0.05, 0) is 6.07 Å². The predicted molar refractivity (Wildman–Crippen MR) is 82.2 cm³/mol. The number of aryl methyl sites for hydroxylation is 1. The topological polar surface area (TPSA) is 71.8 Å². The molecular formula is C14H23N3O4S. The van der Waals surface area contributed by atoms with Gasteiger partial charge >= 0.3 is 0 Å². The molecule has 0 spiro atoms. The van der Waals surface area contributed by atoms with E-state index in [-0.39, 0.29) is 10.8 Å². The molecule has 22 heavy (non-hydrogen) atoms. The van der Waals surface area contributed by atoms with Crippen molar-refractivity contribution in [2.45, 2.75) is 18.7 Å². The van der Waals surface area contributed by atoms with Gasteiger partial charge in [-0.3, -0.25) is 4.79 Å². The summed E-state index contributed by atoms with van der Waals surface area (Å²) in [4.78, 5) is 14.4. The first-order chi connectivity index (χ1) is 10.4. The molecule has 1 aliphatic heterocycles. The lowest BCUT2D eigenvalue weighted by Gasteiger charge is -2.26. The van der Waals surface area contributed by atoms with Crippen LogP contribution < -0.4 is 0 Å². The number of amides is 1. The normalized spacial score (nSPS) is 16.3. The van der Waals surface area contributed by atoms with Gasteiger partial charge < -0.3 is 14.2 Å². The van der Waals surface area contributed by atoms with Crippen LogP contribution in [0.15, 0.2) is 17.2 Å². The van der Waals surface area contributed by atoms with Gasteiger partial charge in [0.1, 0.15) is 10.6 Å². The van der Waals surface area contributed by atoms with Gasteiger partial charge in [-0.25, -0.2) is 8.42 Å². The Labute approximate surface area is 131 Å². The van der Waals surface area contributed by atoms with Crippen LogP contribution in [0.25, 0.3) is 0 Å². The standard InChI is InChI=1S/C14H23N3O4S/c1-4-17(5-2)22(19,20)12-10-13(15(3)11-12)14(18)16-6-8-21-9-7-16/h10-11H,4-9H2,1-3H3. The number of carbonyl (C=O) groups is 1. The van der Waals surface area contributed by atoms with Gasteiger partial charge in [-0.1, -0.05) is 13.8 Å². The molecule has 1 aromatic rings. The van der Waals surface area contributed by atoms with Gasteiger partial charge in [0.15, 0.2) is 0 Å². The molecule has 0 aliphatic carbocycles. The fourth-order valence-corrected chi connectivity index (χ4v) is 4.06. The van der Waals surface area contributed by atoms with Crippen molar-refractivity contribution in [1.82, 2.24) is 13.8 Å². The van der Waals surface area contributed by atoms with Crippen molar-refractivity contribution >= 4 is 15.9 Å². The van der Waals surface area contributed by atoms with Crippen LogP contribution in [0.2, 0.25) is 0 Å². The second kappa shape index (κ2) is 6.80. The molecule has 7 nitrogen and oxygen atoms in total. The van der Waals surface area contributed by atoms with Crippen molar-refractivity contribution in [3.63, 3.8) is 0 Å². The quantitative estimate of drug-likeness (QED) is 0.790. The molecule has 0 atom stereocenters. The second-order valence-corrected chi connectivity index (χ2v) is 7.10. The summed E-state index contributed by atoms with van der Waals surface area (Å²) in [5.41, 5.74) is 0.382. The third-order valence-corrected chi connectivity index (χ3v) is 5.86. The molecule has 0 saturated carbocycles. The highest BCUT2D eigenvalue weighted by Crippen LogP contribution is 2.19. The lowest BCUT2D eigenvalue weighted by molar-refractivity contribution is 0.0296. The van der Waals surface area contributed by atoms with E-state index in [9.17, 15) is 13.2 Å². The molecule has 0 bridgehead atoms. The first kappa shape index (κ1) is 17.0. The molecule has 1 fully saturated rings. The number of hydrogen-bond acceptors (Lipinski definition) is 4. The summed E-state index contributed by atoms with van der Waals surface area (Å²) in [7, 11) is -1.86. The average Bonchev–Trinajstić information content (AvgIpc) is 2.91. The summed E-state index contributed by atoms with van der Waals surface area (Å²) < 4.78 is 33.2. The highest BCUT2D eigenvalue weighted by atomic mass is 32.2. The Kier molecular flexibility index (Phi) is 5.25. The number of sulfonamides is 1. The molecular weight excluding hydrogens is 306 g/mol. The van der Waals surface area contributed by atoms with E-state index in [0.717, 1.165) is 0 Å². The van der Waals surface area contributed by atoms with Crippen LogP contribution in [0.4, 0.5) is 0 Å². The SMILES string of the molecule is CCN(CC)S(=O)(=O)c1cc(C(=O)N2CCOCC2)n(C)c1. The fraction of sp³-hybridized carbons (Fsp3) is 0.643. The molecule has 1 aliphatic rings. The molecule has 2 heterocycles. The smallest absolute Gasteiger partial charge is 0.270 e. The maximum atomic E-state index is 12.5. The largest absolute Gasteiger partial charge is 0.378 e. The van der Waals surface area contributed by atoms with E-state index >= 15 is 0 Å². The summed E-state index contributed by atoms with van der Waals surface area (Å²) in [6.07, 6.45) is 1.50. The molecule has 1 amide bonds. The average molecular weight is 329 g/mol. The van der Waals surface area contributed by atoms with Crippen LogP contribution in [0, 0.1) is 0 Å². The summed E-state index contributed by atoms with van der Waals surface area (Å²) in [6.45, 7) is 6.49. The van der Waals surface area contributed by atoms with E-state index in [2.05, 4.69) is 0 Å². The summed E-state index contributed by atoms with van der Waals surface area (Å²) >= 11 is 0. The molecule has 8 heteroatoms. The minimum absolute atomic E-state index is 0.160. The highest BCUT2D eigenvalue weighted by molar-refractivity contribution is 7.89. The van der Waals surface area contributed by atoms with Gasteiger partial charge in [-0.15, -0.1) is 0 Å². The first-order valence-corrected chi connectivity index (χ1v) is 8.89. The third kappa shape index (κ3) is 3.18. The van der Waals surface area contributed by atoms with E-state index in [4.69, 9.17) is 4.74 Å². The summed E-state index contributed by atoms with van der Waals surface area (Å²) in [6, 6.07) is 1.46. The van der Waals surface area contributed by atoms with Crippen LogP contribution in [0.5, 0.6) is 0 Å². The second-order valence-electron chi connectivity index (χ2n) is 5.17. The molecule has 0 radical (unpaired) electrons. The van der Waals surface area contributed by atoms with Crippen LogP contribution in [0.1, 0.15) is 24.3 Å². The van der Waals surface area contributed by atoms with Gasteiger partial charge in [0.2, 0.25) is 10.0 Å². The number of nitrogens with zero attached hydrogens (tertiary/aromatic N) is 3. The predicted octanol–water partition coefficient (Wildman–Crippen LogP) is 0.528. The molecule has 2 rings (SSSR count). The van der Waals surface area contributed by atoms with Crippen molar-refractivity contribution in [1.29, 1.82) is 0 Å². The van der Waals surface area contributed by atoms with Gasteiger partial charge in [0, 0.05) is 39.4 Å². The Bertz CT molecular complexity index is 629.